The minimum Gasteiger partial charge on any atom is -0.457 e. The van der Waals surface area contributed by atoms with Crippen molar-refractivity contribution >= 4 is 46.2 Å². The van der Waals surface area contributed by atoms with Gasteiger partial charge in [0.15, 0.2) is 28.7 Å². The van der Waals surface area contributed by atoms with E-state index in [0.29, 0.717) is 33.7 Å². The predicted octanol–water partition coefficient (Wildman–Crippen LogP) is 3.71. The number of likely N-dealkylation sites (N-methyl/N-ethyl adjacent to an activating group) is 1. The number of nitrogen functional groups attached to an aromatic ring is 1. The molecule has 2 aromatic heterocycles. The number of halogens is 1. The molecular weight excluding hydrogens is 830 g/mol. The summed E-state index contributed by atoms with van der Waals surface area (Å²) in [6.45, 7) is 12.8. The molecule has 5 heterocycles. The highest BCUT2D eigenvalue weighted by molar-refractivity contribution is 7.14. The van der Waals surface area contributed by atoms with Gasteiger partial charge in [-0.05, 0) is 79.1 Å². The molecule has 4 N–H and O–H groups in total. The van der Waals surface area contributed by atoms with E-state index in [1.165, 1.54) is 32.1 Å². The highest BCUT2D eigenvalue weighted by Crippen LogP contribution is 2.41. The van der Waals surface area contributed by atoms with Crippen LogP contribution in [0.1, 0.15) is 86.6 Å². The van der Waals surface area contributed by atoms with Gasteiger partial charge in [-0.15, -0.1) is 10.2 Å². The minimum atomic E-state index is -3.23. The smallest absolute Gasteiger partial charge is 0.351 e. The van der Waals surface area contributed by atoms with Crippen LogP contribution >= 0.6 is 11.3 Å². The maximum atomic E-state index is 16.9. The normalized spacial score (nSPS) is 38.0. The molecule has 5 rings (SSSR count). The van der Waals surface area contributed by atoms with Gasteiger partial charge < -0.3 is 49.4 Å². The topological polar surface area (TPSA) is 240 Å². The van der Waals surface area contributed by atoms with Crippen LogP contribution in [-0.2, 0) is 49.5 Å². The molecule has 0 unspecified atom stereocenters. The van der Waals surface area contributed by atoms with Crippen molar-refractivity contribution in [2.45, 2.75) is 148 Å². The molecule has 2 aromatic rings. The van der Waals surface area contributed by atoms with E-state index in [4.69, 9.17) is 34.3 Å². The van der Waals surface area contributed by atoms with Gasteiger partial charge in [0.05, 0.1) is 37.1 Å². The first-order valence-electron chi connectivity index (χ1n) is 20.9. The third-order valence-corrected chi connectivity index (χ3v) is 12.9. The number of nitrogens with two attached hydrogens (primary N) is 1. The van der Waals surface area contributed by atoms with E-state index < -0.39 is 95.1 Å². The Hall–Kier alpha value is -3.89. The average molecular weight is 892 g/mol. The fourth-order valence-electron chi connectivity index (χ4n) is 8.77. The van der Waals surface area contributed by atoms with Crippen LogP contribution in [0, 0.1) is 17.8 Å². The van der Waals surface area contributed by atoms with Crippen molar-refractivity contribution in [3.8, 4) is 10.7 Å². The number of aliphatic hydroxyl groups is 2. The molecule has 344 valence electrons. The Morgan fingerprint density at radius 1 is 1.11 bits per heavy atom. The van der Waals surface area contributed by atoms with Gasteiger partial charge in [0, 0.05) is 30.5 Å². The van der Waals surface area contributed by atoms with Crippen LogP contribution in [-0.4, -0.2) is 146 Å². The number of nitrogens with zero attached hydrogens (tertiary/aromatic N) is 6. The third-order valence-electron chi connectivity index (χ3n) is 12.0. The van der Waals surface area contributed by atoms with E-state index in [9.17, 15) is 24.6 Å². The van der Waals surface area contributed by atoms with Gasteiger partial charge >= 0.3 is 5.97 Å². The Kier molecular flexibility index (Phi) is 15.8. The van der Waals surface area contributed by atoms with E-state index in [0.717, 1.165) is 6.92 Å². The number of anilines is 1. The summed E-state index contributed by atoms with van der Waals surface area (Å²) in [5.41, 5.74) is -0.0130. The lowest BCUT2D eigenvalue weighted by Gasteiger charge is -2.47. The molecule has 3 saturated heterocycles. The number of cyclic esters (lactones) is 1. The molecule has 20 heteroatoms. The van der Waals surface area contributed by atoms with Crippen molar-refractivity contribution in [1.29, 1.82) is 0 Å². The molecule has 0 aromatic carbocycles. The maximum Gasteiger partial charge on any atom is 0.351 e. The Morgan fingerprint density at radius 3 is 2.47 bits per heavy atom. The second-order valence-corrected chi connectivity index (χ2v) is 18.5. The van der Waals surface area contributed by atoms with Crippen LogP contribution in [0.4, 0.5) is 10.2 Å². The number of carbonyl (C=O) groups is 3. The second-order valence-electron chi connectivity index (χ2n) is 17.5. The number of ether oxygens (including phenoxy) is 5. The lowest BCUT2D eigenvalue weighted by Crippen LogP contribution is -2.61. The first-order chi connectivity index (χ1) is 29.0. The molecule has 3 aliphatic rings. The number of Topliss-reactive ketones (excluding diaryl/α,β-unsaturated/α-hetero) is 1. The van der Waals surface area contributed by atoms with Gasteiger partial charge in [-0.25, -0.2) is 19.2 Å². The van der Waals surface area contributed by atoms with Crippen molar-refractivity contribution in [3.05, 3.63) is 23.2 Å². The van der Waals surface area contributed by atoms with Gasteiger partial charge in [0.25, 0.3) is 5.67 Å². The summed E-state index contributed by atoms with van der Waals surface area (Å²) >= 11 is 1.22. The van der Waals surface area contributed by atoms with Crippen molar-refractivity contribution in [3.63, 3.8) is 0 Å². The van der Waals surface area contributed by atoms with Gasteiger partial charge in [-0.3, -0.25) is 9.59 Å². The fourth-order valence-corrected chi connectivity index (χ4v) is 9.49. The standard InChI is InChI=1S/C42H62FN7O11S/c1-12-29-42(9,55)36-23(4)32(45-25(6)51)21(2)17-40(7,57-19-26(18-56-36)49-58-20-31-47-48-37(62-31)27-14-13-15-30(44)46-27)35(24(5)34(53)41(8,43)39(54)60-29)61-38-33(52)28(50(10)11)16-22(3)59-38/h13-15,21-24,28-29,33,35-36,38,52,55H,12,16-20H2,1-11H3,(H2,44,46)/b45-32?,49-26+/t21-,22-,23+,24+,28+,29-,33-,35-,36+,38+,40-,41+,42-/m1/s1. The number of amides is 1. The summed E-state index contributed by atoms with van der Waals surface area (Å²) in [4.78, 5) is 57.5. The fraction of sp³-hybridized carbons (Fsp3) is 0.714. The third kappa shape index (κ3) is 10.9. The van der Waals surface area contributed by atoms with Crippen LogP contribution in [0.5, 0.6) is 0 Å². The lowest BCUT2D eigenvalue weighted by atomic mass is 9.73. The molecule has 18 nitrogen and oxygen atoms in total. The first-order valence-corrected chi connectivity index (χ1v) is 21.7. The molecule has 2 bridgehead atoms. The van der Waals surface area contributed by atoms with E-state index in [2.05, 4.69) is 25.3 Å². The average Bonchev–Trinajstić information content (AvgIpc) is 3.67. The summed E-state index contributed by atoms with van der Waals surface area (Å²) < 4.78 is 48.7. The number of rotatable bonds is 8. The van der Waals surface area contributed by atoms with Gasteiger partial charge in [0.1, 0.15) is 35.0 Å². The van der Waals surface area contributed by atoms with Crippen molar-refractivity contribution in [2.75, 3.05) is 33.0 Å². The Bertz CT molecular complexity index is 1980. The highest BCUT2D eigenvalue weighted by Gasteiger charge is 2.56. The summed E-state index contributed by atoms with van der Waals surface area (Å²) in [6.07, 6.45) is -6.61. The molecule has 1 amide bonds. The number of aliphatic imine (C=N–C) groups is 1. The Labute approximate surface area is 365 Å². The lowest BCUT2D eigenvalue weighted by molar-refractivity contribution is -0.296. The number of pyridine rings is 1. The molecule has 3 aliphatic heterocycles. The maximum absolute atomic E-state index is 16.9. The number of alkyl halides is 1. The number of esters is 1. The zero-order valence-electron chi connectivity index (χ0n) is 37.4. The molecule has 0 aliphatic carbocycles. The molecular formula is C42H62FN7O11S. The van der Waals surface area contributed by atoms with Crippen LogP contribution in [0.2, 0.25) is 0 Å². The molecule has 3 fully saturated rings. The summed E-state index contributed by atoms with van der Waals surface area (Å²) in [7, 11) is 3.62. The summed E-state index contributed by atoms with van der Waals surface area (Å²) in [5.74, 6) is -5.86. The number of ketones is 1. The predicted molar refractivity (Wildman–Crippen MR) is 227 cm³/mol. The van der Waals surface area contributed by atoms with E-state index >= 15 is 4.39 Å². The van der Waals surface area contributed by atoms with Crippen molar-refractivity contribution in [1.82, 2.24) is 20.1 Å². The molecule has 0 spiro atoms. The number of hydrogen-bond acceptors (Lipinski definition) is 18. The zero-order chi connectivity index (χ0) is 45.9. The van der Waals surface area contributed by atoms with Gasteiger partial charge in [0.2, 0.25) is 5.91 Å². The number of aliphatic hydroxyl groups excluding tert-OH is 1. The SMILES string of the molecule is CC[C@H]1OC(=O)[C@@](C)(F)C(=O)[C@H](C)[C@@H](O[C@@H]2O[C@H](C)C[C@H](N(C)C)[C@H]2O)[C@@]2(C)C[C@@H](C)C(=NC(C)=O)[C@H](C)[C@H](OC/C(=N\OCc3nnc(-c4cccc(N)n4)s3)CO2)[C@]1(C)O. The van der Waals surface area contributed by atoms with Crippen LogP contribution in [0.3, 0.4) is 0 Å². The summed E-state index contributed by atoms with van der Waals surface area (Å²) in [5, 5.41) is 37.8. The van der Waals surface area contributed by atoms with E-state index in [-0.39, 0.29) is 38.4 Å². The molecule has 0 saturated carbocycles. The Balaban J connectivity index is 1.66. The van der Waals surface area contributed by atoms with E-state index in [1.54, 1.807) is 45.9 Å². The Morgan fingerprint density at radius 2 is 1.82 bits per heavy atom. The zero-order valence-corrected chi connectivity index (χ0v) is 38.2. The van der Waals surface area contributed by atoms with Crippen molar-refractivity contribution < 1.29 is 57.5 Å². The second kappa shape index (κ2) is 19.9. The quantitative estimate of drug-likeness (QED) is 0.194. The van der Waals surface area contributed by atoms with Gasteiger partial charge in [-0.1, -0.05) is 50.3 Å². The molecule has 0 radical (unpaired) electrons. The highest BCUT2D eigenvalue weighted by atomic mass is 32.1. The minimum absolute atomic E-state index is 0.0134. The van der Waals surface area contributed by atoms with Crippen LogP contribution < -0.4 is 5.73 Å². The number of hydrogen-bond donors (Lipinski definition) is 3. The summed E-state index contributed by atoms with van der Waals surface area (Å²) in [6, 6.07) is 4.75. The van der Waals surface area contributed by atoms with Crippen LogP contribution in [0.15, 0.2) is 28.3 Å². The van der Waals surface area contributed by atoms with Crippen molar-refractivity contribution in [2.24, 2.45) is 27.9 Å². The number of carbonyl (C=O) groups excluding carboxylic acids is 3. The van der Waals surface area contributed by atoms with Gasteiger partial charge in [-0.2, -0.15) is 0 Å². The number of oxime groups is 1. The first kappa shape index (κ1) is 49.1. The molecule has 62 heavy (non-hydrogen) atoms. The number of fused-ring (bicyclic) bond motifs is 5. The largest absolute Gasteiger partial charge is 0.457 e. The monoisotopic (exact) mass is 891 g/mol. The molecule has 13 atom stereocenters. The van der Waals surface area contributed by atoms with Crippen LogP contribution in [0.25, 0.3) is 10.7 Å². The van der Waals surface area contributed by atoms with E-state index in [1.807, 2.05) is 25.9 Å². The number of aromatic nitrogens is 3.